The van der Waals surface area contributed by atoms with Crippen molar-refractivity contribution in [2.75, 3.05) is 0 Å². The van der Waals surface area contributed by atoms with Crippen LogP contribution >= 0.6 is 15.9 Å². The molecule has 0 aliphatic rings. The first kappa shape index (κ1) is 15.3. The first-order chi connectivity index (χ1) is 9.90. The van der Waals surface area contributed by atoms with Gasteiger partial charge in [-0.2, -0.15) is 5.26 Å². The fourth-order valence-electron chi connectivity index (χ4n) is 2.07. The van der Waals surface area contributed by atoms with E-state index in [1.54, 1.807) is 12.1 Å². The van der Waals surface area contributed by atoms with E-state index in [2.05, 4.69) is 15.9 Å². The Labute approximate surface area is 129 Å². The van der Waals surface area contributed by atoms with E-state index in [0.717, 1.165) is 17.7 Å². The summed E-state index contributed by atoms with van der Waals surface area (Å²) in [5.74, 6) is -3.37. The molecule has 0 aromatic heterocycles. The quantitative estimate of drug-likeness (QED) is 0.764. The molecule has 0 aliphatic carbocycles. The largest absolute Gasteiger partial charge is 0.292 e. The Hall–Kier alpha value is -2.06. The number of carbonyl (C=O) groups is 1. The molecule has 0 fully saturated rings. The van der Waals surface area contributed by atoms with Gasteiger partial charge in [0.05, 0.1) is 6.07 Å². The zero-order valence-electron chi connectivity index (χ0n) is 11.0. The van der Waals surface area contributed by atoms with Gasteiger partial charge in [0.25, 0.3) is 0 Å². The predicted molar refractivity (Wildman–Crippen MR) is 77.9 cm³/mol. The third-order valence-corrected chi connectivity index (χ3v) is 3.39. The molecule has 0 spiro atoms. The zero-order valence-corrected chi connectivity index (χ0v) is 12.6. The highest BCUT2D eigenvalue weighted by Gasteiger charge is 2.23. The van der Waals surface area contributed by atoms with Gasteiger partial charge in [0.2, 0.25) is 0 Å². The molecule has 106 valence electrons. The van der Waals surface area contributed by atoms with Crippen molar-refractivity contribution < 1.29 is 13.6 Å². The van der Waals surface area contributed by atoms with Crippen LogP contribution in [0.3, 0.4) is 0 Å². The van der Waals surface area contributed by atoms with E-state index in [0.29, 0.717) is 16.1 Å². The lowest BCUT2D eigenvalue weighted by Crippen LogP contribution is -2.12. The van der Waals surface area contributed by atoms with E-state index in [1.807, 2.05) is 19.1 Å². The van der Waals surface area contributed by atoms with Crippen LogP contribution in [0.4, 0.5) is 8.78 Å². The van der Waals surface area contributed by atoms with E-state index in [-0.39, 0.29) is 5.56 Å². The molecule has 0 heterocycles. The lowest BCUT2D eigenvalue weighted by molar-refractivity contribution is 0.0978. The highest BCUT2D eigenvalue weighted by Crippen LogP contribution is 2.25. The molecule has 1 unspecified atom stereocenters. The van der Waals surface area contributed by atoms with E-state index >= 15 is 0 Å². The van der Waals surface area contributed by atoms with Gasteiger partial charge in [-0.3, -0.25) is 4.79 Å². The summed E-state index contributed by atoms with van der Waals surface area (Å²) in [6.45, 7) is 1.81. The lowest BCUT2D eigenvalue weighted by atomic mass is 9.91. The van der Waals surface area contributed by atoms with Crippen molar-refractivity contribution in [2.24, 2.45) is 0 Å². The minimum absolute atomic E-state index is 0.0117. The summed E-state index contributed by atoms with van der Waals surface area (Å²) in [5.41, 5.74) is 1.17. The smallest absolute Gasteiger partial charge is 0.184 e. The molecule has 0 radical (unpaired) electrons. The molecule has 2 nitrogen and oxygen atoms in total. The van der Waals surface area contributed by atoms with E-state index in [9.17, 15) is 18.8 Å². The molecule has 0 amide bonds. The lowest BCUT2D eigenvalue weighted by Gasteiger charge is -2.10. The number of benzene rings is 2. The maximum Gasteiger partial charge on any atom is 0.184 e. The van der Waals surface area contributed by atoms with Crippen molar-refractivity contribution in [1.29, 1.82) is 5.26 Å². The van der Waals surface area contributed by atoms with Crippen LogP contribution in [0.25, 0.3) is 0 Å². The second-order valence-corrected chi connectivity index (χ2v) is 5.56. The average molecular weight is 350 g/mol. The summed E-state index contributed by atoms with van der Waals surface area (Å²) >= 11 is 3.28. The van der Waals surface area contributed by atoms with Crippen LogP contribution in [0.2, 0.25) is 0 Å². The Kier molecular flexibility index (Phi) is 4.49. The van der Waals surface area contributed by atoms with Crippen molar-refractivity contribution >= 4 is 21.7 Å². The monoisotopic (exact) mass is 349 g/mol. The molecule has 0 aliphatic heterocycles. The Morgan fingerprint density at radius 3 is 2.29 bits per heavy atom. The molecule has 0 saturated carbocycles. The standard InChI is InChI=1S/C16H10BrF2NO/c1-9-2-11(4-12(17)3-9)16(21)15(8-20)10-5-13(18)7-14(19)6-10/h2-7,15H,1H3. The minimum atomic E-state index is -1.25. The van der Waals surface area contributed by atoms with Crippen molar-refractivity contribution in [3.63, 3.8) is 0 Å². The zero-order chi connectivity index (χ0) is 15.6. The molecule has 21 heavy (non-hydrogen) atoms. The molecule has 0 bridgehead atoms. The number of halogens is 3. The third kappa shape index (κ3) is 3.53. The number of nitrogens with zero attached hydrogens (tertiary/aromatic N) is 1. The van der Waals surface area contributed by atoms with Gasteiger partial charge in [-0.15, -0.1) is 0 Å². The van der Waals surface area contributed by atoms with Crippen LogP contribution in [0.15, 0.2) is 40.9 Å². The highest BCUT2D eigenvalue weighted by molar-refractivity contribution is 9.10. The third-order valence-electron chi connectivity index (χ3n) is 2.94. The summed E-state index contributed by atoms with van der Waals surface area (Å²) in [6.07, 6.45) is 0. The number of hydrogen-bond acceptors (Lipinski definition) is 2. The van der Waals surface area contributed by atoms with E-state index in [1.165, 1.54) is 0 Å². The fourth-order valence-corrected chi connectivity index (χ4v) is 2.68. The SMILES string of the molecule is Cc1cc(Br)cc(C(=O)C(C#N)c2cc(F)cc(F)c2)c1. The maximum atomic E-state index is 13.3. The van der Waals surface area contributed by atoms with Crippen LogP contribution in [0.5, 0.6) is 0 Å². The molecule has 1 atom stereocenters. The van der Waals surface area contributed by atoms with E-state index < -0.39 is 23.3 Å². The summed E-state index contributed by atoms with van der Waals surface area (Å²) in [4.78, 5) is 12.4. The summed E-state index contributed by atoms with van der Waals surface area (Å²) < 4.78 is 27.2. The van der Waals surface area contributed by atoms with E-state index in [4.69, 9.17) is 0 Å². The Balaban J connectivity index is 2.46. The first-order valence-electron chi connectivity index (χ1n) is 6.07. The Bertz CT molecular complexity index is 712. The molecule has 0 N–H and O–H groups in total. The van der Waals surface area contributed by atoms with Crippen molar-refractivity contribution in [3.05, 3.63) is 69.2 Å². The summed E-state index contributed by atoms with van der Waals surface area (Å²) in [5, 5.41) is 9.20. The molecular formula is C16H10BrF2NO. The molecule has 2 aromatic carbocycles. The van der Waals surface area contributed by atoms with Crippen LogP contribution in [-0.4, -0.2) is 5.78 Å². The number of aryl methyl sites for hydroxylation is 1. The van der Waals surface area contributed by atoms with Gasteiger partial charge in [0, 0.05) is 16.1 Å². The van der Waals surface area contributed by atoms with Gasteiger partial charge in [-0.1, -0.05) is 15.9 Å². The Morgan fingerprint density at radius 2 is 1.76 bits per heavy atom. The second kappa shape index (κ2) is 6.15. The van der Waals surface area contributed by atoms with Crippen molar-refractivity contribution in [2.45, 2.75) is 12.8 Å². The van der Waals surface area contributed by atoms with Crippen molar-refractivity contribution in [3.8, 4) is 6.07 Å². The molecule has 2 rings (SSSR count). The van der Waals surface area contributed by atoms with Crippen LogP contribution in [-0.2, 0) is 0 Å². The van der Waals surface area contributed by atoms with Gasteiger partial charge in [-0.05, 0) is 48.4 Å². The van der Waals surface area contributed by atoms with Crippen LogP contribution < -0.4 is 0 Å². The van der Waals surface area contributed by atoms with Crippen molar-refractivity contribution in [1.82, 2.24) is 0 Å². The molecule has 0 saturated heterocycles. The van der Waals surface area contributed by atoms with Gasteiger partial charge >= 0.3 is 0 Å². The number of Topliss-reactive ketones (excluding diaryl/α,β-unsaturated/α-hetero) is 1. The topological polar surface area (TPSA) is 40.9 Å². The number of nitriles is 1. The maximum absolute atomic E-state index is 13.3. The Morgan fingerprint density at radius 1 is 1.14 bits per heavy atom. The van der Waals surface area contributed by atoms with Gasteiger partial charge in [0.1, 0.15) is 17.6 Å². The first-order valence-corrected chi connectivity index (χ1v) is 6.87. The number of ketones is 1. The fraction of sp³-hybridized carbons (Fsp3) is 0.125. The number of carbonyl (C=O) groups excluding carboxylic acids is 1. The number of rotatable bonds is 3. The molecule has 2 aromatic rings. The van der Waals surface area contributed by atoms with Crippen LogP contribution in [0.1, 0.15) is 27.4 Å². The average Bonchev–Trinajstić information content (AvgIpc) is 2.37. The van der Waals surface area contributed by atoms with Gasteiger partial charge < -0.3 is 0 Å². The van der Waals surface area contributed by atoms with Gasteiger partial charge in [-0.25, -0.2) is 8.78 Å². The summed E-state index contributed by atoms with van der Waals surface area (Å²) in [7, 11) is 0. The predicted octanol–water partition coefficient (Wildman–Crippen LogP) is 4.53. The summed E-state index contributed by atoms with van der Waals surface area (Å²) in [6, 6.07) is 9.54. The van der Waals surface area contributed by atoms with Crippen LogP contribution in [0, 0.1) is 29.9 Å². The van der Waals surface area contributed by atoms with Gasteiger partial charge in [0.15, 0.2) is 5.78 Å². The highest BCUT2D eigenvalue weighted by atomic mass is 79.9. The molecular weight excluding hydrogens is 340 g/mol. The molecule has 5 heteroatoms. The second-order valence-electron chi connectivity index (χ2n) is 4.65. The number of hydrogen-bond donors (Lipinski definition) is 0. The normalized spacial score (nSPS) is 11.8. The minimum Gasteiger partial charge on any atom is -0.292 e.